The standard InChI is InChI=1S/C21H23ClN2O3/c1-12(14-5-4-6-16(22)8-14)7-18(26)10-17-9-15-11-23-21(27-3)19(15)20(24-17)13(2)25/h4-6,8-9,12-13,25H,7,10-11H2,1-3H3/t12-,13-/m0/s1. The molecule has 2 atom stereocenters. The number of nitrogens with zero attached hydrogens (tertiary/aromatic N) is 2. The monoisotopic (exact) mass is 386 g/mol. The minimum Gasteiger partial charge on any atom is -0.481 e. The third-order valence-electron chi connectivity index (χ3n) is 4.71. The van der Waals surface area contributed by atoms with Gasteiger partial charge in [-0.15, -0.1) is 0 Å². The second kappa shape index (κ2) is 8.19. The van der Waals surface area contributed by atoms with Gasteiger partial charge in [-0.2, -0.15) is 0 Å². The quantitative estimate of drug-likeness (QED) is 0.814. The number of aromatic nitrogens is 1. The molecule has 0 fully saturated rings. The van der Waals surface area contributed by atoms with Gasteiger partial charge in [0.25, 0.3) is 0 Å². The highest BCUT2D eigenvalue weighted by Gasteiger charge is 2.25. The number of carbonyl (C=O) groups is 1. The first kappa shape index (κ1) is 19.5. The average Bonchev–Trinajstić information content (AvgIpc) is 3.03. The molecule has 2 heterocycles. The van der Waals surface area contributed by atoms with Crippen molar-refractivity contribution < 1.29 is 14.6 Å². The molecule has 0 spiro atoms. The number of aliphatic imine (C=N–C) groups is 1. The first-order valence-electron chi connectivity index (χ1n) is 8.95. The molecule has 1 aromatic heterocycles. The number of benzene rings is 1. The van der Waals surface area contributed by atoms with Gasteiger partial charge in [0.05, 0.1) is 31.0 Å². The first-order valence-corrected chi connectivity index (χ1v) is 9.33. The number of ketones is 1. The number of halogens is 1. The molecule has 1 aromatic carbocycles. The molecule has 1 aliphatic heterocycles. The van der Waals surface area contributed by atoms with Crippen molar-refractivity contribution in [1.82, 2.24) is 4.98 Å². The highest BCUT2D eigenvalue weighted by molar-refractivity contribution is 6.30. The fraction of sp³-hybridized carbons (Fsp3) is 0.381. The van der Waals surface area contributed by atoms with E-state index in [1.165, 1.54) is 0 Å². The topological polar surface area (TPSA) is 71.8 Å². The van der Waals surface area contributed by atoms with Crippen LogP contribution in [0.25, 0.3) is 0 Å². The molecule has 5 nitrogen and oxygen atoms in total. The average molecular weight is 387 g/mol. The molecule has 0 aliphatic carbocycles. The van der Waals surface area contributed by atoms with Gasteiger partial charge >= 0.3 is 0 Å². The zero-order valence-electron chi connectivity index (χ0n) is 15.7. The molecule has 0 bridgehead atoms. The Morgan fingerprint density at radius 1 is 1.33 bits per heavy atom. The highest BCUT2D eigenvalue weighted by atomic mass is 35.5. The van der Waals surface area contributed by atoms with Crippen molar-refractivity contribution in [3.8, 4) is 0 Å². The van der Waals surface area contributed by atoms with Crippen molar-refractivity contribution in [2.45, 2.75) is 45.3 Å². The Hall–Kier alpha value is -2.24. The molecule has 0 unspecified atom stereocenters. The number of ether oxygens (including phenoxy) is 1. The summed E-state index contributed by atoms with van der Waals surface area (Å²) in [6.45, 7) is 4.14. The maximum Gasteiger partial charge on any atom is 0.218 e. The first-order chi connectivity index (χ1) is 12.9. The number of pyridine rings is 1. The second-order valence-corrected chi connectivity index (χ2v) is 7.35. The zero-order valence-corrected chi connectivity index (χ0v) is 16.5. The minimum atomic E-state index is -0.766. The number of hydrogen-bond donors (Lipinski definition) is 1. The summed E-state index contributed by atoms with van der Waals surface area (Å²) in [5, 5.41) is 10.8. The summed E-state index contributed by atoms with van der Waals surface area (Å²) in [4.78, 5) is 21.4. The lowest BCUT2D eigenvalue weighted by atomic mass is 9.94. The van der Waals surface area contributed by atoms with Crippen LogP contribution < -0.4 is 0 Å². The van der Waals surface area contributed by atoms with E-state index in [-0.39, 0.29) is 18.1 Å². The fourth-order valence-electron chi connectivity index (χ4n) is 3.39. The van der Waals surface area contributed by atoms with Crippen LogP contribution >= 0.6 is 11.6 Å². The predicted octanol–water partition coefficient (Wildman–Crippen LogP) is 4.00. The van der Waals surface area contributed by atoms with Crippen molar-refractivity contribution in [1.29, 1.82) is 0 Å². The molecular weight excluding hydrogens is 364 g/mol. The second-order valence-electron chi connectivity index (χ2n) is 6.91. The van der Waals surface area contributed by atoms with E-state index in [9.17, 15) is 9.90 Å². The predicted molar refractivity (Wildman–Crippen MR) is 105 cm³/mol. The third kappa shape index (κ3) is 4.37. The molecule has 0 amide bonds. The van der Waals surface area contributed by atoms with Gasteiger partial charge in [0.2, 0.25) is 5.90 Å². The van der Waals surface area contributed by atoms with E-state index in [1.54, 1.807) is 14.0 Å². The van der Waals surface area contributed by atoms with Crippen LogP contribution in [0.5, 0.6) is 0 Å². The molecule has 0 radical (unpaired) electrons. The van der Waals surface area contributed by atoms with E-state index in [0.29, 0.717) is 35.3 Å². The van der Waals surface area contributed by atoms with Gasteiger partial charge in [0.1, 0.15) is 5.78 Å². The van der Waals surface area contributed by atoms with E-state index in [1.807, 2.05) is 37.3 Å². The van der Waals surface area contributed by atoms with Crippen LogP contribution in [-0.4, -0.2) is 28.9 Å². The fourth-order valence-corrected chi connectivity index (χ4v) is 3.59. The summed E-state index contributed by atoms with van der Waals surface area (Å²) in [5.41, 5.74) is 3.89. The summed E-state index contributed by atoms with van der Waals surface area (Å²) in [6, 6.07) is 9.47. The Balaban J connectivity index is 1.76. The number of aliphatic hydroxyl groups is 1. The Bertz CT molecular complexity index is 893. The van der Waals surface area contributed by atoms with E-state index in [0.717, 1.165) is 16.7 Å². The van der Waals surface area contributed by atoms with Crippen LogP contribution in [0, 0.1) is 0 Å². The number of aliphatic hydroxyl groups excluding tert-OH is 1. The van der Waals surface area contributed by atoms with Crippen LogP contribution in [0.15, 0.2) is 35.3 Å². The summed E-state index contributed by atoms with van der Waals surface area (Å²) < 4.78 is 5.28. The maximum absolute atomic E-state index is 12.6. The van der Waals surface area contributed by atoms with E-state index >= 15 is 0 Å². The van der Waals surface area contributed by atoms with Gasteiger partial charge in [-0.05, 0) is 42.2 Å². The summed E-state index contributed by atoms with van der Waals surface area (Å²) in [7, 11) is 1.55. The molecular formula is C21H23ClN2O3. The molecule has 2 aromatic rings. The number of hydrogen-bond acceptors (Lipinski definition) is 5. The van der Waals surface area contributed by atoms with Crippen molar-refractivity contribution in [2.24, 2.45) is 4.99 Å². The van der Waals surface area contributed by atoms with E-state index < -0.39 is 6.10 Å². The smallest absolute Gasteiger partial charge is 0.218 e. The lowest BCUT2D eigenvalue weighted by Crippen LogP contribution is -2.14. The van der Waals surface area contributed by atoms with Crippen molar-refractivity contribution in [3.05, 3.63) is 63.4 Å². The van der Waals surface area contributed by atoms with E-state index in [4.69, 9.17) is 16.3 Å². The van der Waals surface area contributed by atoms with Crippen molar-refractivity contribution in [2.75, 3.05) is 7.11 Å². The van der Waals surface area contributed by atoms with Gasteiger partial charge in [0, 0.05) is 23.6 Å². The van der Waals surface area contributed by atoms with Crippen LogP contribution in [-0.2, 0) is 22.5 Å². The Morgan fingerprint density at radius 2 is 2.11 bits per heavy atom. The van der Waals surface area contributed by atoms with Gasteiger partial charge < -0.3 is 9.84 Å². The zero-order chi connectivity index (χ0) is 19.6. The molecule has 3 rings (SSSR count). The lowest BCUT2D eigenvalue weighted by molar-refractivity contribution is -0.118. The molecule has 1 N–H and O–H groups in total. The van der Waals surface area contributed by atoms with Gasteiger partial charge in [0.15, 0.2) is 0 Å². The number of rotatable bonds is 6. The van der Waals surface area contributed by atoms with Gasteiger partial charge in [-0.3, -0.25) is 9.78 Å². The summed E-state index contributed by atoms with van der Waals surface area (Å²) in [6.07, 6.45) is -0.138. The number of methoxy groups -OCH3 is 1. The maximum atomic E-state index is 12.6. The Labute approximate surface area is 164 Å². The Kier molecular flexibility index (Phi) is 5.92. The normalized spacial score (nSPS) is 15.1. The molecule has 1 aliphatic rings. The van der Waals surface area contributed by atoms with Crippen molar-refractivity contribution >= 4 is 23.3 Å². The van der Waals surface area contributed by atoms with E-state index in [2.05, 4.69) is 9.98 Å². The molecule has 0 saturated heterocycles. The molecule has 6 heteroatoms. The van der Waals surface area contributed by atoms with Crippen LogP contribution in [0.1, 0.15) is 60.4 Å². The lowest BCUT2D eigenvalue weighted by Gasteiger charge is -2.15. The number of fused-ring (bicyclic) bond motifs is 1. The van der Waals surface area contributed by atoms with Crippen molar-refractivity contribution in [3.63, 3.8) is 0 Å². The SMILES string of the molecule is COC1=NCc2cc(CC(=O)C[C@H](C)c3cccc(Cl)c3)nc([C@H](C)O)c21. The van der Waals surface area contributed by atoms with Gasteiger partial charge in [-0.1, -0.05) is 30.7 Å². The van der Waals surface area contributed by atoms with Gasteiger partial charge in [-0.25, -0.2) is 4.99 Å². The molecule has 142 valence electrons. The summed E-state index contributed by atoms with van der Waals surface area (Å²) in [5.74, 6) is 0.656. The number of Topliss-reactive ketones (excluding diaryl/α,β-unsaturated/α-hetero) is 1. The Morgan fingerprint density at radius 3 is 2.78 bits per heavy atom. The van der Waals surface area contributed by atoms with Crippen LogP contribution in [0.2, 0.25) is 5.02 Å². The summed E-state index contributed by atoms with van der Waals surface area (Å²) >= 11 is 6.04. The van der Waals surface area contributed by atoms with Crippen LogP contribution in [0.4, 0.5) is 0 Å². The highest BCUT2D eigenvalue weighted by Crippen LogP contribution is 2.28. The molecule has 27 heavy (non-hydrogen) atoms. The number of carbonyl (C=O) groups excluding carboxylic acids is 1. The minimum absolute atomic E-state index is 0.0743. The molecule has 0 saturated carbocycles. The largest absolute Gasteiger partial charge is 0.481 e. The third-order valence-corrected chi connectivity index (χ3v) is 4.94. The van der Waals surface area contributed by atoms with Crippen LogP contribution in [0.3, 0.4) is 0 Å².